The summed E-state index contributed by atoms with van der Waals surface area (Å²) in [5.41, 5.74) is 7.19. The fourth-order valence-corrected chi connectivity index (χ4v) is 2.16. The van der Waals surface area contributed by atoms with Gasteiger partial charge in [-0.25, -0.2) is 0 Å². The summed E-state index contributed by atoms with van der Waals surface area (Å²) in [5.74, 6) is -0.256. The van der Waals surface area contributed by atoms with Gasteiger partial charge in [0.1, 0.15) is 12.4 Å². The van der Waals surface area contributed by atoms with Crippen LogP contribution in [0.2, 0.25) is 0 Å². The molecule has 1 atom stereocenters. The summed E-state index contributed by atoms with van der Waals surface area (Å²) in [6.07, 6.45) is 0.858. The van der Waals surface area contributed by atoms with Gasteiger partial charge in [0, 0.05) is 13.5 Å². The van der Waals surface area contributed by atoms with Gasteiger partial charge < -0.3 is 15.2 Å². The number of nitrogens with one attached hydrogen (secondary N) is 1. The van der Waals surface area contributed by atoms with E-state index in [4.69, 9.17) is 15.2 Å². The molecular formula is C14H18N2O4. The molecule has 6 nitrogen and oxygen atoms in total. The van der Waals surface area contributed by atoms with Crippen LogP contribution in [0.15, 0.2) is 18.2 Å². The number of hydrogen-bond acceptors (Lipinski definition) is 5. The molecule has 1 aliphatic rings. The molecule has 1 aromatic carbocycles. The highest BCUT2D eigenvalue weighted by Crippen LogP contribution is 2.30. The van der Waals surface area contributed by atoms with Crippen LogP contribution in [0, 0.1) is 0 Å². The van der Waals surface area contributed by atoms with Crippen molar-refractivity contribution in [2.45, 2.75) is 18.8 Å². The van der Waals surface area contributed by atoms with Crippen LogP contribution in [0.25, 0.3) is 0 Å². The normalized spacial score (nSPS) is 18.8. The van der Waals surface area contributed by atoms with Crippen LogP contribution in [-0.2, 0) is 14.3 Å². The van der Waals surface area contributed by atoms with Crippen molar-refractivity contribution in [3.8, 4) is 5.75 Å². The molecule has 6 heteroatoms. The Hall–Kier alpha value is -2.08. The van der Waals surface area contributed by atoms with Crippen molar-refractivity contribution in [1.29, 1.82) is 0 Å². The Kier molecular flexibility index (Phi) is 4.57. The average Bonchev–Trinajstić information content (AvgIpc) is 2.41. The smallest absolute Gasteiger partial charge is 0.234 e. The van der Waals surface area contributed by atoms with Crippen LogP contribution < -0.4 is 15.8 Å². The van der Waals surface area contributed by atoms with E-state index in [1.165, 1.54) is 0 Å². The Morgan fingerprint density at radius 1 is 1.35 bits per heavy atom. The molecule has 0 aromatic heterocycles. The van der Waals surface area contributed by atoms with Crippen LogP contribution in [-0.4, -0.2) is 32.1 Å². The Balaban J connectivity index is 2.08. The number of carbonyl (C=O) groups excluding carboxylic acids is 2. The van der Waals surface area contributed by atoms with E-state index in [0.717, 1.165) is 5.56 Å². The van der Waals surface area contributed by atoms with Gasteiger partial charge in [-0.1, -0.05) is 6.07 Å². The number of amides is 2. The van der Waals surface area contributed by atoms with Gasteiger partial charge in [0.25, 0.3) is 0 Å². The van der Waals surface area contributed by atoms with E-state index in [-0.39, 0.29) is 17.7 Å². The number of piperidine rings is 1. The molecule has 0 radical (unpaired) electrons. The summed E-state index contributed by atoms with van der Waals surface area (Å²) in [6, 6.07) is 5.27. The van der Waals surface area contributed by atoms with Gasteiger partial charge in [0.05, 0.1) is 18.2 Å². The third-order valence-electron chi connectivity index (χ3n) is 3.22. The lowest BCUT2D eigenvalue weighted by atomic mass is 9.90. The van der Waals surface area contributed by atoms with Crippen molar-refractivity contribution < 1.29 is 19.1 Å². The molecule has 1 saturated heterocycles. The van der Waals surface area contributed by atoms with Gasteiger partial charge in [0.15, 0.2) is 0 Å². The molecule has 1 unspecified atom stereocenters. The molecule has 0 spiro atoms. The van der Waals surface area contributed by atoms with E-state index in [2.05, 4.69) is 5.32 Å². The number of anilines is 1. The number of ether oxygens (including phenoxy) is 2. The molecular weight excluding hydrogens is 260 g/mol. The molecule has 3 N–H and O–H groups in total. The van der Waals surface area contributed by atoms with Crippen molar-refractivity contribution in [1.82, 2.24) is 5.32 Å². The van der Waals surface area contributed by atoms with Crippen LogP contribution in [0.4, 0.5) is 5.69 Å². The van der Waals surface area contributed by atoms with E-state index in [1.807, 2.05) is 0 Å². The van der Waals surface area contributed by atoms with E-state index in [1.54, 1.807) is 25.3 Å². The first-order valence-electron chi connectivity index (χ1n) is 6.46. The summed E-state index contributed by atoms with van der Waals surface area (Å²) >= 11 is 0. The third-order valence-corrected chi connectivity index (χ3v) is 3.22. The molecule has 2 rings (SSSR count). The quantitative estimate of drug-likeness (QED) is 0.472. The maximum atomic E-state index is 11.8. The fourth-order valence-electron chi connectivity index (χ4n) is 2.16. The molecule has 0 saturated carbocycles. The van der Waals surface area contributed by atoms with Crippen molar-refractivity contribution >= 4 is 17.5 Å². The highest BCUT2D eigenvalue weighted by atomic mass is 16.5. The van der Waals surface area contributed by atoms with Crippen LogP contribution >= 0.6 is 0 Å². The lowest BCUT2D eigenvalue weighted by Gasteiger charge is -2.21. The average molecular weight is 278 g/mol. The summed E-state index contributed by atoms with van der Waals surface area (Å²) in [7, 11) is 1.60. The zero-order valence-corrected chi connectivity index (χ0v) is 11.3. The predicted octanol–water partition coefficient (Wildman–Crippen LogP) is 0.814. The monoisotopic (exact) mass is 278 g/mol. The first-order chi connectivity index (χ1) is 9.61. The van der Waals surface area contributed by atoms with Crippen LogP contribution in [0.3, 0.4) is 0 Å². The van der Waals surface area contributed by atoms with Gasteiger partial charge in [0.2, 0.25) is 11.8 Å². The molecule has 1 heterocycles. The largest absolute Gasteiger partial charge is 0.489 e. The first-order valence-corrected chi connectivity index (χ1v) is 6.46. The Labute approximate surface area is 117 Å². The number of carbonyl (C=O) groups is 2. The molecule has 108 valence electrons. The van der Waals surface area contributed by atoms with Crippen molar-refractivity contribution in [3.63, 3.8) is 0 Å². The Morgan fingerprint density at radius 2 is 2.15 bits per heavy atom. The SMILES string of the molecule is COCCOc1ccc(C2CCC(=O)NC2=O)cc1N. The van der Waals surface area contributed by atoms with Crippen LogP contribution in [0.5, 0.6) is 5.75 Å². The molecule has 0 aliphatic carbocycles. The Morgan fingerprint density at radius 3 is 2.80 bits per heavy atom. The number of benzene rings is 1. The minimum atomic E-state index is -0.331. The fraction of sp³-hybridized carbons (Fsp3) is 0.429. The van der Waals surface area contributed by atoms with Gasteiger partial charge in [-0.05, 0) is 24.1 Å². The maximum Gasteiger partial charge on any atom is 0.234 e. The number of imide groups is 1. The standard InChI is InChI=1S/C14H18N2O4/c1-19-6-7-20-12-4-2-9(8-11(12)15)10-3-5-13(17)16-14(10)18/h2,4,8,10H,3,5-7,15H2,1H3,(H,16,17,18). The number of nitrogen functional groups attached to an aromatic ring is 1. The molecule has 2 amide bonds. The summed E-state index contributed by atoms with van der Waals surface area (Å²) in [5, 5.41) is 2.34. The third kappa shape index (κ3) is 3.27. The van der Waals surface area contributed by atoms with Gasteiger partial charge in [-0.3, -0.25) is 14.9 Å². The second-order valence-corrected chi connectivity index (χ2v) is 4.64. The first kappa shape index (κ1) is 14.3. The zero-order chi connectivity index (χ0) is 14.5. The lowest BCUT2D eigenvalue weighted by molar-refractivity contribution is -0.134. The molecule has 20 heavy (non-hydrogen) atoms. The zero-order valence-electron chi connectivity index (χ0n) is 11.3. The van der Waals surface area contributed by atoms with Gasteiger partial charge >= 0.3 is 0 Å². The summed E-state index contributed by atoms with van der Waals surface area (Å²) < 4.78 is 10.4. The summed E-state index contributed by atoms with van der Waals surface area (Å²) in [4.78, 5) is 22.9. The number of hydrogen-bond donors (Lipinski definition) is 2. The number of nitrogens with two attached hydrogens (primary N) is 1. The van der Waals surface area contributed by atoms with Gasteiger partial charge in [-0.2, -0.15) is 0 Å². The highest BCUT2D eigenvalue weighted by molar-refractivity contribution is 6.01. The van der Waals surface area contributed by atoms with Crippen LogP contribution in [0.1, 0.15) is 24.3 Å². The molecule has 1 aromatic rings. The highest BCUT2D eigenvalue weighted by Gasteiger charge is 2.28. The van der Waals surface area contributed by atoms with Crippen molar-refractivity contribution in [2.24, 2.45) is 0 Å². The number of rotatable bonds is 5. The molecule has 1 aliphatic heterocycles. The van der Waals surface area contributed by atoms with Crippen molar-refractivity contribution in [3.05, 3.63) is 23.8 Å². The number of methoxy groups -OCH3 is 1. The predicted molar refractivity (Wildman–Crippen MR) is 73.4 cm³/mol. The summed E-state index contributed by atoms with van der Waals surface area (Å²) in [6.45, 7) is 0.896. The van der Waals surface area contributed by atoms with E-state index < -0.39 is 0 Å². The van der Waals surface area contributed by atoms with E-state index in [0.29, 0.717) is 37.5 Å². The Bertz CT molecular complexity index is 516. The second-order valence-electron chi connectivity index (χ2n) is 4.64. The molecule has 0 bridgehead atoms. The molecule has 1 fully saturated rings. The van der Waals surface area contributed by atoms with Crippen molar-refractivity contribution in [2.75, 3.05) is 26.1 Å². The maximum absolute atomic E-state index is 11.8. The van der Waals surface area contributed by atoms with E-state index in [9.17, 15) is 9.59 Å². The topological polar surface area (TPSA) is 90.6 Å². The van der Waals surface area contributed by atoms with Gasteiger partial charge in [-0.15, -0.1) is 0 Å². The lowest BCUT2D eigenvalue weighted by Crippen LogP contribution is -2.39. The second kappa shape index (κ2) is 6.38. The minimum absolute atomic E-state index is 0.223. The minimum Gasteiger partial charge on any atom is -0.489 e. The van der Waals surface area contributed by atoms with E-state index >= 15 is 0 Å².